The van der Waals surface area contributed by atoms with Crippen LogP contribution in [0.25, 0.3) is 0 Å². The number of esters is 1. The number of carbonyl (C=O) groups is 1. The first-order valence-electron chi connectivity index (χ1n) is 5.29. The fraction of sp³-hybridized carbons (Fsp3) is 0.417. The van der Waals surface area contributed by atoms with E-state index in [9.17, 15) is 4.79 Å². The Kier molecular flexibility index (Phi) is 6.62. The van der Waals surface area contributed by atoms with Crippen molar-refractivity contribution in [3.05, 3.63) is 34.3 Å². The SMILES string of the molecule is CSCC[C@@H](N)C(=O)OCc1cccc(Br)c1. The van der Waals surface area contributed by atoms with Gasteiger partial charge in [0.1, 0.15) is 12.6 Å². The number of rotatable bonds is 6. The largest absolute Gasteiger partial charge is 0.460 e. The van der Waals surface area contributed by atoms with Crippen LogP contribution in [0.5, 0.6) is 0 Å². The number of benzene rings is 1. The predicted octanol–water partition coefficient (Wildman–Crippen LogP) is 2.57. The average molecular weight is 318 g/mol. The molecular formula is C12H16BrNO2S. The lowest BCUT2D eigenvalue weighted by Crippen LogP contribution is -2.32. The normalized spacial score (nSPS) is 12.2. The summed E-state index contributed by atoms with van der Waals surface area (Å²) in [7, 11) is 0. The van der Waals surface area contributed by atoms with Gasteiger partial charge in [-0.3, -0.25) is 4.79 Å². The molecule has 0 aromatic heterocycles. The molecule has 17 heavy (non-hydrogen) atoms. The fourth-order valence-electron chi connectivity index (χ4n) is 1.25. The van der Waals surface area contributed by atoms with Crippen LogP contribution in [0.2, 0.25) is 0 Å². The highest BCUT2D eigenvalue weighted by Crippen LogP contribution is 2.12. The van der Waals surface area contributed by atoms with Crippen molar-refractivity contribution in [2.45, 2.75) is 19.1 Å². The molecule has 0 heterocycles. The van der Waals surface area contributed by atoms with E-state index in [1.165, 1.54) is 0 Å². The minimum Gasteiger partial charge on any atom is -0.460 e. The summed E-state index contributed by atoms with van der Waals surface area (Å²) in [4.78, 5) is 11.5. The summed E-state index contributed by atoms with van der Waals surface area (Å²) in [5.74, 6) is 0.534. The Morgan fingerprint density at radius 3 is 3.00 bits per heavy atom. The Bertz CT molecular complexity index is 373. The third-order valence-corrected chi connectivity index (χ3v) is 3.34. The van der Waals surface area contributed by atoms with Crippen LogP contribution in [0.4, 0.5) is 0 Å². The smallest absolute Gasteiger partial charge is 0.323 e. The molecule has 0 saturated carbocycles. The highest BCUT2D eigenvalue weighted by molar-refractivity contribution is 9.10. The molecule has 0 aliphatic heterocycles. The standard InChI is InChI=1S/C12H16BrNO2S/c1-17-6-5-11(14)12(15)16-8-9-3-2-4-10(13)7-9/h2-4,7,11H,5-6,8,14H2,1H3/t11-/m1/s1. The summed E-state index contributed by atoms with van der Waals surface area (Å²) >= 11 is 5.03. The zero-order valence-corrected chi connectivity index (χ0v) is 12.1. The average Bonchev–Trinajstić information content (AvgIpc) is 2.33. The summed E-state index contributed by atoms with van der Waals surface area (Å²) in [6.07, 6.45) is 2.64. The van der Waals surface area contributed by atoms with E-state index < -0.39 is 6.04 Å². The first kappa shape index (κ1) is 14.5. The van der Waals surface area contributed by atoms with Crippen molar-refractivity contribution in [2.24, 2.45) is 5.73 Å². The van der Waals surface area contributed by atoms with Crippen molar-refractivity contribution in [2.75, 3.05) is 12.0 Å². The Balaban J connectivity index is 2.37. The molecule has 0 bridgehead atoms. The Morgan fingerprint density at radius 1 is 1.59 bits per heavy atom. The fourth-order valence-corrected chi connectivity index (χ4v) is 2.19. The van der Waals surface area contributed by atoms with Gasteiger partial charge in [-0.25, -0.2) is 0 Å². The van der Waals surface area contributed by atoms with Crippen LogP contribution in [-0.2, 0) is 16.1 Å². The molecule has 3 nitrogen and oxygen atoms in total. The minimum atomic E-state index is -0.519. The van der Waals surface area contributed by atoms with Crippen molar-refractivity contribution in [3.63, 3.8) is 0 Å². The van der Waals surface area contributed by atoms with Crippen molar-refractivity contribution < 1.29 is 9.53 Å². The Labute approximate surface area is 114 Å². The molecule has 0 aliphatic carbocycles. The van der Waals surface area contributed by atoms with Gasteiger partial charge in [0.05, 0.1) is 0 Å². The first-order chi connectivity index (χ1) is 8.13. The van der Waals surface area contributed by atoms with Gasteiger partial charge >= 0.3 is 5.97 Å². The Morgan fingerprint density at radius 2 is 2.35 bits per heavy atom. The minimum absolute atomic E-state index is 0.269. The summed E-state index contributed by atoms with van der Waals surface area (Å²) in [5, 5.41) is 0. The molecule has 1 aromatic rings. The molecule has 0 amide bonds. The lowest BCUT2D eigenvalue weighted by molar-refractivity contribution is -0.146. The molecule has 1 rings (SSSR count). The van der Waals surface area contributed by atoms with Gasteiger partial charge in [-0.15, -0.1) is 0 Å². The second-order valence-electron chi connectivity index (χ2n) is 3.63. The summed E-state index contributed by atoms with van der Waals surface area (Å²) < 4.78 is 6.12. The van der Waals surface area contributed by atoms with E-state index in [2.05, 4.69) is 15.9 Å². The van der Waals surface area contributed by atoms with E-state index >= 15 is 0 Å². The molecule has 5 heteroatoms. The molecule has 94 valence electrons. The van der Waals surface area contributed by atoms with Crippen LogP contribution in [0.15, 0.2) is 28.7 Å². The van der Waals surface area contributed by atoms with Crippen molar-refractivity contribution >= 4 is 33.7 Å². The third kappa shape index (κ3) is 5.57. The van der Waals surface area contributed by atoms with Gasteiger partial charge in [0, 0.05) is 4.47 Å². The zero-order valence-electron chi connectivity index (χ0n) is 9.69. The second kappa shape index (κ2) is 7.74. The monoisotopic (exact) mass is 317 g/mol. The van der Waals surface area contributed by atoms with Crippen LogP contribution in [0.1, 0.15) is 12.0 Å². The van der Waals surface area contributed by atoms with Gasteiger partial charge in [0.15, 0.2) is 0 Å². The van der Waals surface area contributed by atoms with E-state index in [4.69, 9.17) is 10.5 Å². The first-order valence-corrected chi connectivity index (χ1v) is 7.47. The highest BCUT2D eigenvalue weighted by Gasteiger charge is 2.14. The predicted molar refractivity (Wildman–Crippen MR) is 74.9 cm³/mol. The quantitative estimate of drug-likeness (QED) is 0.819. The van der Waals surface area contributed by atoms with E-state index in [-0.39, 0.29) is 12.6 Å². The van der Waals surface area contributed by atoms with Crippen LogP contribution in [-0.4, -0.2) is 24.0 Å². The van der Waals surface area contributed by atoms with E-state index in [0.717, 1.165) is 15.8 Å². The maximum Gasteiger partial charge on any atom is 0.323 e. The van der Waals surface area contributed by atoms with Crippen molar-refractivity contribution in [1.29, 1.82) is 0 Å². The van der Waals surface area contributed by atoms with Gasteiger partial charge in [-0.2, -0.15) is 11.8 Å². The van der Waals surface area contributed by atoms with Gasteiger partial charge in [-0.05, 0) is 36.1 Å². The number of halogens is 1. The molecule has 0 fully saturated rings. The van der Waals surface area contributed by atoms with Gasteiger partial charge in [-0.1, -0.05) is 28.1 Å². The molecule has 2 N–H and O–H groups in total. The number of thioether (sulfide) groups is 1. The van der Waals surface area contributed by atoms with Gasteiger partial charge in [0.25, 0.3) is 0 Å². The number of nitrogens with two attached hydrogens (primary N) is 1. The molecule has 0 radical (unpaired) electrons. The zero-order chi connectivity index (χ0) is 12.7. The molecular weight excluding hydrogens is 302 g/mol. The summed E-state index contributed by atoms with van der Waals surface area (Å²) in [5.41, 5.74) is 6.65. The number of ether oxygens (including phenoxy) is 1. The molecule has 0 aliphatic rings. The highest BCUT2D eigenvalue weighted by atomic mass is 79.9. The summed E-state index contributed by atoms with van der Waals surface area (Å²) in [6.45, 7) is 0.269. The Hall–Kier alpha value is -0.520. The number of carbonyl (C=O) groups excluding carboxylic acids is 1. The molecule has 0 unspecified atom stereocenters. The second-order valence-corrected chi connectivity index (χ2v) is 5.53. The maximum atomic E-state index is 11.5. The maximum absolute atomic E-state index is 11.5. The van der Waals surface area contributed by atoms with Crippen LogP contribution >= 0.6 is 27.7 Å². The van der Waals surface area contributed by atoms with E-state index in [1.807, 2.05) is 30.5 Å². The van der Waals surface area contributed by atoms with E-state index in [0.29, 0.717) is 6.42 Å². The molecule has 0 spiro atoms. The number of hydrogen-bond donors (Lipinski definition) is 1. The van der Waals surface area contributed by atoms with Gasteiger partial charge < -0.3 is 10.5 Å². The van der Waals surface area contributed by atoms with Crippen molar-refractivity contribution in [3.8, 4) is 0 Å². The molecule has 0 saturated heterocycles. The molecule has 1 atom stereocenters. The lowest BCUT2D eigenvalue weighted by atomic mass is 10.2. The van der Waals surface area contributed by atoms with Crippen LogP contribution in [0, 0.1) is 0 Å². The van der Waals surface area contributed by atoms with Crippen molar-refractivity contribution in [1.82, 2.24) is 0 Å². The lowest BCUT2D eigenvalue weighted by Gasteiger charge is -2.10. The van der Waals surface area contributed by atoms with Crippen LogP contribution < -0.4 is 5.73 Å². The van der Waals surface area contributed by atoms with E-state index in [1.54, 1.807) is 11.8 Å². The van der Waals surface area contributed by atoms with Gasteiger partial charge in [0.2, 0.25) is 0 Å². The topological polar surface area (TPSA) is 52.3 Å². The summed E-state index contributed by atoms with van der Waals surface area (Å²) in [6, 6.07) is 7.14. The third-order valence-electron chi connectivity index (χ3n) is 2.21. The number of hydrogen-bond acceptors (Lipinski definition) is 4. The van der Waals surface area contributed by atoms with Crippen LogP contribution in [0.3, 0.4) is 0 Å². The molecule has 1 aromatic carbocycles.